The molecule has 0 aliphatic heterocycles. The van der Waals surface area contributed by atoms with Crippen molar-refractivity contribution < 1.29 is 4.79 Å². The van der Waals surface area contributed by atoms with Crippen molar-refractivity contribution in [3.8, 4) is 0 Å². The van der Waals surface area contributed by atoms with Crippen LogP contribution in [0, 0.1) is 0 Å². The molecule has 3 nitrogen and oxygen atoms in total. The van der Waals surface area contributed by atoms with E-state index in [0.717, 1.165) is 32.1 Å². The zero-order chi connectivity index (χ0) is 10.8. The summed E-state index contributed by atoms with van der Waals surface area (Å²) in [5.41, 5.74) is 5.30. The molecule has 1 aliphatic rings. The first-order valence-corrected chi connectivity index (χ1v) is 5.57. The van der Waals surface area contributed by atoms with Crippen LogP contribution in [0.5, 0.6) is 0 Å². The van der Waals surface area contributed by atoms with Crippen molar-refractivity contribution in [3.05, 3.63) is 0 Å². The smallest absolute Gasteiger partial charge is 0.240 e. The average molecular weight is 198 g/mol. The largest absolute Gasteiger partial charge is 0.349 e. The molecule has 0 spiro atoms. The third-order valence-electron chi connectivity index (χ3n) is 3.67. The van der Waals surface area contributed by atoms with Crippen LogP contribution in [0.1, 0.15) is 52.9 Å². The summed E-state index contributed by atoms with van der Waals surface area (Å²) < 4.78 is 0. The van der Waals surface area contributed by atoms with Crippen LogP contribution in [0.2, 0.25) is 0 Å². The lowest BCUT2D eigenvalue weighted by atomic mass is 9.76. The van der Waals surface area contributed by atoms with Gasteiger partial charge in [0.15, 0.2) is 0 Å². The highest BCUT2D eigenvalue weighted by molar-refractivity contribution is 5.87. The minimum absolute atomic E-state index is 0.0370. The summed E-state index contributed by atoms with van der Waals surface area (Å²) >= 11 is 0. The highest BCUT2D eigenvalue weighted by Gasteiger charge is 2.41. The van der Waals surface area contributed by atoms with E-state index in [0.29, 0.717) is 0 Å². The zero-order valence-corrected chi connectivity index (χ0v) is 9.52. The van der Waals surface area contributed by atoms with E-state index in [1.54, 1.807) is 0 Å². The molecule has 0 heterocycles. The summed E-state index contributed by atoms with van der Waals surface area (Å²) in [6.07, 6.45) is 4.65. The van der Waals surface area contributed by atoms with E-state index < -0.39 is 5.54 Å². The monoisotopic (exact) mass is 198 g/mol. The molecule has 0 saturated heterocycles. The molecule has 1 rings (SSSR count). The van der Waals surface area contributed by atoms with Gasteiger partial charge in [0.25, 0.3) is 0 Å². The first-order chi connectivity index (χ1) is 6.46. The summed E-state index contributed by atoms with van der Waals surface area (Å²) in [5.74, 6) is 0.0370. The van der Waals surface area contributed by atoms with Gasteiger partial charge in [0, 0.05) is 5.54 Å². The molecule has 0 aromatic carbocycles. The number of nitrogens with one attached hydrogen (secondary N) is 1. The Balaban J connectivity index is 2.55. The molecule has 3 N–H and O–H groups in total. The van der Waals surface area contributed by atoms with Crippen molar-refractivity contribution in [3.63, 3.8) is 0 Å². The second kappa shape index (κ2) is 3.89. The lowest BCUT2D eigenvalue weighted by molar-refractivity contribution is -0.131. The van der Waals surface area contributed by atoms with E-state index in [1.165, 1.54) is 0 Å². The number of amides is 1. The Kier molecular flexibility index (Phi) is 3.20. The number of rotatable bonds is 4. The number of carbonyl (C=O) groups is 1. The second-order valence-corrected chi connectivity index (χ2v) is 4.73. The summed E-state index contributed by atoms with van der Waals surface area (Å²) in [4.78, 5) is 11.8. The van der Waals surface area contributed by atoms with Crippen molar-refractivity contribution >= 4 is 5.91 Å². The van der Waals surface area contributed by atoms with Crippen LogP contribution in [0.15, 0.2) is 0 Å². The van der Waals surface area contributed by atoms with Crippen molar-refractivity contribution in [2.45, 2.75) is 64.0 Å². The molecule has 0 atom stereocenters. The van der Waals surface area contributed by atoms with E-state index in [2.05, 4.69) is 26.1 Å². The van der Waals surface area contributed by atoms with E-state index in [1.807, 2.05) is 0 Å². The molecule has 0 bridgehead atoms. The third-order valence-corrected chi connectivity index (χ3v) is 3.67. The zero-order valence-electron chi connectivity index (χ0n) is 9.52. The molecule has 1 amide bonds. The molecule has 0 aromatic heterocycles. The lowest BCUT2D eigenvalue weighted by Crippen LogP contribution is -2.62. The van der Waals surface area contributed by atoms with Gasteiger partial charge in [-0.15, -0.1) is 0 Å². The van der Waals surface area contributed by atoms with Crippen LogP contribution in [0.3, 0.4) is 0 Å². The molecule has 82 valence electrons. The van der Waals surface area contributed by atoms with E-state index >= 15 is 0 Å². The molecule has 3 heteroatoms. The third kappa shape index (κ3) is 2.08. The fourth-order valence-electron chi connectivity index (χ4n) is 1.61. The van der Waals surface area contributed by atoms with Gasteiger partial charge in [0.2, 0.25) is 5.91 Å². The van der Waals surface area contributed by atoms with Crippen molar-refractivity contribution in [1.82, 2.24) is 5.32 Å². The minimum atomic E-state index is -0.564. The Labute approximate surface area is 86.4 Å². The van der Waals surface area contributed by atoms with Crippen molar-refractivity contribution in [2.24, 2.45) is 5.73 Å². The van der Waals surface area contributed by atoms with Gasteiger partial charge < -0.3 is 11.1 Å². The molecular weight excluding hydrogens is 176 g/mol. The predicted octanol–water partition coefficient (Wildman–Crippen LogP) is 1.56. The highest BCUT2D eigenvalue weighted by atomic mass is 16.2. The molecule has 14 heavy (non-hydrogen) atoms. The fourth-order valence-corrected chi connectivity index (χ4v) is 1.61. The Morgan fingerprint density at radius 1 is 1.43 bits per heavy atom. The first-order valence-electron chi connectivity index (χ1n) is 5.57. The van der Waals surface area contributed by atoms with Gasteiger partial charge in [-0.25, -0.2) is 0 Å². The average Bonchev–Trinajstić information content (AvgIpc) is 2.13. The van der Waals surface area contributed by atoms with Crippen molar-refractivity contribution in [2.75, 3.05) is 0 Å². The molecule has 1 saturated carbocycles. The number of nitrogens with two attached hydrogens (primary N) is 1. The van der Waals surface area contributed by atoms with Gasteiger partial charge in [-0.3, -0.25) is 4.79 Å². The van der Waals surface area contributed by atoms with E-state index in [-0.39, 0.29) is 11.4 Å². The van der Waals surface area contributed by atoms with Crippen LogP contribution < -0.4 is 11.1 Å². The minimum Gasteiger partial charge on any atom is -0.349 e. The fraction of sp³-hybridized carbons (Fsp3) is 0.909. The Morgan fingerprint density at radius 3 is 2.21 bits per heavy atom. The van der Waals surface area contributed by atoms with Gasteiger partial charge in [0.05, 0.1) is 5.54 Å². The van der Waals surface area contributed by atoms with Crippen LogP contribution in [-0.2, 0) is 4.79 Å². The number of hydrogen-bond donors (Lipinski definition) is 2. The number of carbonyl (C=O) groups excluding carboxylic acids is 1. The van der Waals surface area contributed by atoms with Crippen LogP contribution in [0.4, 0.5) is 0 Å². The van der Waals surface area contributed by atoms with E-state index in [9.17, 15) is 4.79 Å². The normalized spacial score (nSPS) is 20.0. The lowest BCUT2D eigenvalue weighted by Gasteiger charge is -2.40. The molecule has 0 aromatic rings. The first kappa shape index (κ1) is 11.5. The van der Waals surface area contributed by atoms with Crippen LogP contribution >= 0.6 is 0 Å². The summed E-state index contributed by atoms with van der Waals surface area (Å²) in [6.45, 7) is 6.26. The van der Waals surface area contributed by atoms with Crippen molar-refractivity contribution in [1.29, 1.82) is 0 Å². The standard InChI is InChI=1S/C11H22N2O/c1-4-10(3,5-2)13-9(14)11(12)7-6-8-11/h4-8,12H2,1-3H3,(H,13,14). The van der Waals surface area contributed by atoms with Gasteiger partial charge in [-0.2, -0.15) is 0 Å². The van der Waals surface area contributed by atoms with E-state index in [4.69, 9.17) is 5.73 Å². The maximum Gasteiger partial charge on any atom is 0.240 e. The van der Waals surface area contributed by atoms with Crippen LogP contribution in [-0.4, -0.2) is 17.0 Å². The highest BCUT2D eigenvalue weighted by Crippen LogP contribution is 2.30. The summed E-state index contributed by atoms with van der Waals surface area (Å²) in [6, 6.07) is 0. The summed E-state index contributed by atoms with van der Waals surface area (Å²) in [7, 11) is 0. The Bertz CT molecular complexity index is 217. The maximum atomic E-state index is 11.8. The van der Waals surface area contributed by atoms with Gasteiger partial charge >= 0.3 is 0 Å². The van der Waals surface area contributed by atoms with Gasteiger partial charge in [-0.05, 0) is 39.0 Å². The molecule has 1 fully saturated rings. The quantitative estimate of drug-likeness (QED) is 0.720. The number of hydrogen-bond acceptors (Lipinski definition) is 2. The Morgan fingerprint density at radius 2 is 1.93 bits per heavy atom. The van der Waals surface area contributed by atoms with Gasteiger partial charge in [-0.1, -0.05) is 13.8 Å². The topological polar surface area (TPSA) is 55.1 Å². The Hall–Kier alpha value is -0.570. The maximum absolute atomic E-state index is 11.8. The van der Waals surface area contributed by atoms with Gasteiger partial charge in [0.1, 0.15) is 0 Å². The molecule has 0 unspecified atom stereocenters. The molecular formula is C11H22N2O. The summed E-state index contributed by atoms with van der Waals surface area (Å²) in [5, 5.41) is 3.07. The van der Waals surface area contributed by atoms with Crippen LogP contribution in [0.25, 0.3) is 0 Å². The second-order valence-electron chi connectivity index (χ2n) is 4.73. The molecule has 1 aliphatic carbocycles. The predicted molar refractivity (Wildman–Crippen MR) is 57.9 cm³/mol. The molecule has 0 radical (unpaired) electrons. The SMILES string of the molecule is CCC(C)(CC)NC(=O)C1(N)CCC1.